The van der Waals surface area contributed by atoms with Gasteiger partial charge in [0.25, 0.3) is 0 Å². The van der Waals surface area contributed by atoms with Gasteiger partial charge in [0, 0.05) is 19.6 Å². The molecule has 0 spiro atoms. The number of benzene rings is 1. The zero-order chi connectivity index (χ0) is 15.6. The molecule has 1 aliphatic heterocycles. The van der Waals surface area contributed by atoms with Crippen molar-refractivity contribution in [2.45, 2.75) is 19.6 Å². The standard InChI is InChI=1S/C15H18F3NO2/c1-10-7-19(9-13(10)14(20)21-2)8-11-4-3-5-12(6-11)15(16,17)18/h3-6,10,13H,7-9H2,1-2H3. The number of methoxy groups -OCH3 is 1. The minimum Gasteiger partial charge on any atom is -0.469 e. The Kier molecular flexibility index (Phi) is 4.56. The number of carbonyl (C=O) groups excluding carboxylic acids is 1. The molecule has 0 aromatic heterocycles. The van der Waals surface area contributed by atoms with Gasteiger partial charge in [-0.05, 0) is 17.5 Å². The number of hydrogen-bond donors (Lipinski definition) is 0. The largest absolute Gasteiger partial charge is 0.469 e. The van der Waals surface area contributed by atoms with Crippen LogP contribution in [0.1, 0.15) is 18.1 Å². The van der Waals surface area contributed by atoms with Crippen molar-refractivity contribution >= 4 is 5.97 Å². The van der Waals surface area contributed by atoms with Crippen LogP contribution in [0, 0.1) is 11.8 Å². The molecule has 0 bridgehead atoms. The first-order chi connectivity index (χ1) is 9.81. The van der Waals surface area contributed by atoms with Gasteiger partial charge in [0.1, 0.15) is 0 Å². The van der Waals surface area contributed by atoms with E-state index in [1.165, 1.54) is 13.2 Å². The predicted octanol–water partition coefficient (Wildman–Crippen LogP) is 2.95. The van der Waals surface area contributed by atoms with E-state index in [1.807, 2.05) is 11.8 Å². The lowest BCUT2D eigenvalue weighted by molar-refractivity contribution is -0.146. The SMILES string of the molecule is COC(=O)C1CN(Cc2cccc(C(F)(F)F)c2)CC1C. The van der Waals surface area contributed by atoms with Crippen molar-refractivity contribution in [1.29, 1.82) is 0 Å². The Labute approximate surface area is 121 Å². The Bertz CT molecular complexity index is 516. The lowest BCUT2D eigenvalue weighted by Crippen LogP contribution is -2.24. The molecule has 0 N–H and O–H groups in total. The highest BCUT2D eigenvalue weighted by atomic mass is 19.4. The maximum atomic E-state index is 12.7. The highest BCUT2D eigenvalue weighted by Crippen LogP contribution is 2.30. The summed E-state index contributed by atoms with van der Waals surface area (Å²) in [6, 6.07) is 5.31. The van der Waals surface area contributed by atoms with Gasteiger partial charge in [0.2, 0.25) is 0 Å². The summed E-state index contributed by atoms with van der Waals surface area (Å²) in [5.74, 6) is -0.321. The smallest absolute Gasteiger partial charge is 0.416 e. The maximum absolute atomic E-state index is 12.7. The summed E-state index contributed by atoms with van der Waals surface area (Å²) in [6.07, 6.45) is -4.33. The van der Waals surface area contributed by atoms with E-state index in [0.717, 1.165) is 12.1 Å². The van der Waals surface area contributed by atoms with Crippen LogP contribution >= 0.6 is 0 Å². The van der Waals surface area contributed by atoms with E-state index >= 15 is 0 Å². The van der Waals surface area contributed by atoms with Crippen molar-refractivity contribution in [3.05, 3.63) is 35.4 Å². The Hall–Kier alpha value is -1.56. The summed E-state index contributed by atoms with van der Waals surface area (Å²) in [5, 5.41) is 0. The second kappa shape index (κ2) is 6.05. The van der Waals surface area contributed by atoms with Crippen molar-refractivity contribution in [2.24, 2.45) is 11.8 Å². The number of nitrogens with zero attached hydrogens (tertiary/aromatic N) is 1. The highest BCUT2D eigenvalue weighted by molar-refractivity contribution is 5.73. The molecular weight excluding hydrogens is 283 g/mol. The molecule has 6 heteroatoms. The lowest BCUT2D eigenvalue weighted by atomic mass is 9.99. The minimum atomic E-state index is -4.33. The number of alkyl halides is 3. The van der Waals surface area contributed by atoms with Gasteiger partial charge in [0.05, 0.1) is 18.6 Å². The van der Waals surface area contributed by atoms with Crippen LogP contribution in [-0.2, 0) is 22.3 Å². The van der Waals surface area contributed by atoms with E-state index in [9.17, 15) is 18.0 Å². The lowest BCUT2D eigenvalue weighted by Gasteiger charge is -2.16. The molecule has 1 fully saturated rings. The third kappa shape index (κ3) is 3.75. The molecule has 1 saturated heterocycles. The van der Waals surface area contributed by atoms with Gasteiger partial charge in [-0.1, -0.05) is 25.1 Å². The Balaban J connectivity index is 2.05. The van der Waals surface area contributed by atoms with Gasteiger partial charge >= 0.3 is 12.1 Å². The molecule has 2 unspecified atom stereocenters. The number of rotatable bonds is 3. The van der Waals surface area contributed by atoms with Crippen LogP contribution < -0.4 is 0 Å². The Morgan fingerprint density at radius 2 is 2.10 bits per heavy atom. The fourth-order valence-electron chi connectivity index (χ4n) is 2.76. The van der Waals surface area contributed by atoms with Crippen LogP contribution in [0.25, 0.3) is 0 Å². The average molecular weight is 301 g/mol. The summed E-state index contributed by atoms with van der Waals surface area (Å²) >= 11 is 0. The molecule has 1 aromatic rings. The van der Waals surface area contributed by atoms with Crippen LogP contribution in [0.3, 0.4) is 0 Å². The molecule has 0 aliphatic carbocycles. The number of likely N-dealkylation sites (tertiary alicyclic amines) is 1. The first-order valence-electron chi connectivity index (χ1n) is 6.77. The third-order valence-electron chi connectivity index (χ3n) is 3.85. The third-order valence-corrected chi connectivity index (χ3v) is 3.85. The van der Waals surface area contributed by atoms with Crippen LogP contribution in [0.5, 0.6) is 0 Å². The molecule has 1 heterocycles. The van der Waals surface area contributed by atoms with Crippen LogP contribution in [0.4, 0.5) is 13.2 Å². The van der Waals surface area contributed by atoms with E-state index in [1.54, 1.807) is 6.07 Å². The molecule has 21 heavy (non-hydrogen) atoms. The Morgan fingerprint density at radius 3 is 2.71 bits per heavy atom. The molecule has 2 rings (SSSR count). The van der Waals surface area contributed by atoms with Gasteiger partial charge in [-0.15, -0.1) is 0 Å². The van der Waals surface area contributed by atoms with Crippen molar-refractivity contribution in [3.8, 4) is 0 Å². The Morgan fingerprint density at radius 1 is 1.38 bits per heavy atom. The molecule has 0 amide bonds. The molecule has 1 aliphatic rings. The summed E-state index contributed by atoms with van der Waals surface area (Å²) < 4.78 is 42.8. The zero-order valence-corrected chi connectivity index (χ0v) is 12.0. The van der Waals surface area contributed by atoms with Crippen molar-refractivity contribution < 1.29 is 22.7 Å². The molecule has 0 saturated carbocycles. The number of ether oxygens (including phenoxy) is 1. The molecule has 0 radical (unpaired) electrons. The van der Waals surface area contributed by atoms with Gasteiger partial charge in [-0.25, -0.2) is 0 Å². The minimum absolute atomic E-state index is 0.142. The van der Waals surface area contributed by atoms with E-state index < -0.39 is 11.7 Å². The quantitative estimate of drug-likeness (QED) is 0.804. The van der Waals surface area contributed by atoms with Crippen LogP contribution in [0.15, 0.2) is 24.3 Å². The second-order valence-corrected chi connectivity index (χ2v) is 5.50. The van der Waals surface area contributed by atoms with Gasteiger partial charge in [0.15, 0.2) is 0 Å². The fourth-order valence-corrected chi connectivity index (χ4v) is 2.76. The van der Waals surface area contributed by atoms with E-state index in [4.69, 9.17) is 4.74 Å². The summed E-state index contributed by atoms with van der Waals surface area (Å²) in [7, 11) is 1.35. The normalized spacial score (nSPS) is 23.3. The number of esters is 1. The second-order valence-electron chi connectivity index (χ2n) is 5.50. The summed E-state index contributed by atoms with van der Waals surface area (Å²) in [6.45, 7) is 3.55. The van der Waals surface area contributed by atoms with Crippen molar-refractivity contribution in [3.63, 3.8) is 0 Å². The molecule has 1 aromatic carbocycles. The first-order valence-corrected chi connectivity index (χ1v) is 6.77. The maximum Gasteiger partial charge on any atom is 0.416 e. The van der Waals surface area contributed by atoms with Gasteiger partial charge in [-0.3, -0.25) is 9.69 Å². The zero-order valence-electron chi connectivity index (χ0n) is 12.0. The van der Waals surface area contributed by atoms with Gasteiger partial charge < -0.3 is 4.74 Å². The fraction of sp³-hybridized carbons (Fsp3) is 0.533. The first kappa shape index (κ1) is 15.8. The molecule has 116 valence electrons. The monoisotopic (exact) mass is 301 g/mol. The molecule has 3 nitrogen and oxygen atoms in total. The predicted molar refractivity (Wildman–Crippen MR) is 71.4 cm³/mol. The van der Waals surface area contributed by atoms with Crippen molar-refractivity contribution in [2.75, 3.05) is 20.2 Å². The molecular formula is C15H18F3NO2. The van der Waals surface area contributed by atoms with Crippen LogP contribution in [0.2, 0.25) is 0 Å². The van der Waals surface area contributed by atoms with E-state index in [2.05, 4.69) is 0 Å². The highest BCUT2D eigenvalue weighted by Gasteiger charge is 2.35. The average Bonchev–Trinajstić information content (AvgIpc) is 2.78. The summed E-state index contributed by atoms with van der Waals surface area (Å²) in [4.78, 5) is 13.6. The molecule has 2 atom stereocenters. The number of carbonyl (C=O) groups is 1. The van der Waals surface area contributed by atoms with Crippen LogP contribution in [-0.4, -0.2) is 31.1 Å². The van der Waals surface area contributed by atoms with E-state index in [0.29, 0.717) is 25.2 Å². The summed E-state index contributed by atoms with van der Waals surface area (Å²) in [5.41, 5.74) is -0.0423. The number of hydrogen-bond acceptors (Lipinski definition) is 3. The van der Waals surface area contributed by atoms with Crippen molar-refractivity contribution in [1.82, 2.24) is 4.90 Å². The number of halogens is 3. The van der Waals surface area contributed by atoms with Gasteiger partial charge in [-0.2, -0.15) is 13.2 Å². The van der Waals surface area contributed by atoms with E-state index in [-0.39, 0.29) is 17.8 Å². The topological polar surface area (TPSA) is 29.5 Å².